The van der Waals surface area contributed by atoms with Crippen molar-refractivity contribution in [1.29, 1.82) is 0 Å². The fourth-order valence-corrected chi connectivity index (χ4v) is 3.12. The lowest BCUT2D eigenvalue weighted by Crippen LogP contribution is -2.46. The minimum absolute atomic E-state index is 0.142. The van der Waals surface area contributed by atoms with Crippen molar-refractivity contribution < 1.29 is 34.8 Å². The Labute approximate surface area is 131 Å². The molecule has 0 bridgehead atoms. The summed E-state index contributed by atoms with van der Waals surface area (Å²) in [5.41, 5.74) is -1.85. The second-order valence-electron chi connectivity index (χ2n) is 6.06. The van der Waals surface area contributed by atoms with E-state index >= 15 is 0 Å². The number of hydrogen-bond acceptors (Lipinski definition) is 7. The van der Waals surface area contributed by atoms with Crippen LogP contribution < -0.4 is 0 Å². The van der Waals surface area contributed by atoms with E-state index < -0.39 is 34.8 Å². The number of ether oxygens (including phenoxy) is 1. The lowest BCUT2D eigenvalue weighted by molar-refractivity contribution is -0.0668. The third kappa shape index (κ3) is 2.04. The number of allylic oxidation sites excluding steroid dienone is 2. The fourth-order valence-electron chi connectivity index (χ4n) is 3.12. The van der Waals surface area contributed by atoms with Crippen molar-refractivity contribution in [3.63, 3.8) is 0 Å². The van der Waals surface area contributed by atoms with E-state index in [1.807, 2.05) is 0 Å². The van der Waals surface area contributed by atoms with Gasteiger partial charge < -0.3 is 25.2 Å². The number of aromatic hydroxyl groups is 2. The molecule has 0 fully saturated rings. The summed E-state index contributed by atoms with van der Waals surface area (Å²) >= 11 is 0. The predicted octanol–water partition coefficient (Wildman–Crippen LogP) is 0.218. The van der Waals surface area contributed by atoms with Gasteiger partial charge >= 0.3 is 0 Å². The molecule has 0 unspecified atom stereocenters. The number of carbonyl (C=O) groups excluding carboxylic acids is 2. The van der Waals surface area contributed by atoms with Gasteiger partial charge in [0.05, 0.1) is 29.9 Å². The van der Waals surface area contributed by atoms with E-state index in [1.54, 1.807) is 0 Å². The predicted molar refractivity (Wildman–Crippen MR) is 77.6 cm³/mol. The summed E-state index contributed by atoms with van der Waals surface area (Å²) in [6.07, 6.45) is -0.523. The van der Waals surface area contributed by atoms with Crippen LogP contribution in [-0.2, 0) is 17.6 Å². The molecule has 2 aliphatic carbocycles. The Balaban J connectivity index is 2.31. The number of fused-ring (bicyclic) bond motifs is 2. The van der Waals surface area contributed by atoms with Gasteiger partial charge in [0.15, 0.2) is 11.5 Å². The minimum atomic E-state index is -1.52. The molecule has 4 N–H and O–H groups in total. The molecule has 23 heavy (non-hydrogen) atoms. The summed E-state index contributed by atoms with van der Waals surface area (Å²) in [7, 11) is 1.22. The van der Waals surface area contributed by atoms with Gasteiger partial charge in [-0.05, 0) is 6.92 Å². The molecular formula is C16H16O7. The van der Waals surface area contributed by atoms with E-state index in [1.165, 1.54) is 14.0 Å². The van der Waals surface area contributed by atoms with Crippen LogP contribution in [0.25, 0.3) is 0 Å². The number of benzene rings is 1. The van der Waals surface area contributed by atoms with Gasteiger partial charge in [0, 0.05) is 30.0 Å². The first-order valence-corrected chi connectivity index (χ1v) is 7.03. The summed E-state index contributed by atoms with van der Waals surface area (Å²) in [6, 6.07) is 0. The fraction of sp³-hybridized carbons (Fsp3) is 0.375. The zero-order chi connectivity index (χ0) is 17.1. The van der Waals surface area contributed by atoms with Gasteiger partial charge in [-0.2, -0.15) is 0 Å². The summed E-state index contributed by atoms with van der Waals surface area (Å²) in [6.45, 7) is 1.39. The van der Waals surface area contributed by atoms with Crippen LogP contribution in [0.15, 0.2) is 11.8 Å². The van der Waals surface area contributed by atoms with E-state index in [0.29, 0.717) is 0 Å². The van der Waals surface area contributed by atoms with Crippen molar-refractivity contribution in [2.45, 2.75) is 31.5 Å². The van der Waals surface area contributed by atoms with Gasteiger partial charge in [0.2, 0.25) is 5.78 Å². The number of phenolic OH excluding ortho intramolecular Hbond substituents is 2. The van der Waals surface area contributed by atoms with Gasteiger partial charge in [-0.3, -0.25) is 9.59 Å². The van der Waals surface area contributed by atoms with Crippen LogP contribution in [0.2, 0.25) is 0 Å². The maximum atomic E-state index is 12.3. The summed E-state index contributed by atoms with van der Waals surface area (Å²) in [5.74, 6) is -2.55. The normalized spacial score (nSPS) is 26.4. The lowest BCUT2D eigenvalue weighted by Gasteiger charge is -2.36. The Hall–Kier alpha value is -2.38. The zero-order valence-corrected chi connectivity index (χ0v) is 12.6. The van der Waals surface area contributed by atoms with Gasteiger partial charge in [-0.25, -0.2) is 0 Å². The van der Waals surface area contributed by atoms with E-state index in [2.05, 4.69) is 0 Å². The van der Waals surface area contributed by atoms with Crippen LogP contribution in [0.3, 0.4) is 0 Å². The largest absolute Gasteiger partial charge is 0.507 e. The first kappa shape index (κ1) is 15.5. The number of rotatable bonds is 1. The Morgan fingerprint density at radius 2 is 1.78 bits per heavy atom. The molecule has 0 aliphatic heterocycles. The molecule has 7 heteroatoms. The van der Waals surface area contributed by atoms with Crippen molar-refractivity contribution in [3.05, 3.63) is 34.1 Å². The number of ketones is 2. The molecular weight excluding hydrogens is 304 g/mol. The monoisotopic (exact) mass is 320 g/mol. The molecule has 1 aromatic carbocycles. The quantitative estimate of drug-likeness (QED) is 0.545. The van der Waals surface area contributed by atoms with Gasteiger partial charge in [0.25, 0.3) is 0 Å². The Kier molecular flexibility index (Phi) is 3.24. The first-order valence-electron chi connectivity index (χ1n) is 7.03. The highest BCUT2D eigenvalue weighted by molar-refractivity contribution is 6.26. The Morgan fingerprint density at radius 1 is 1.17 bits per heavy atom. The standard InChI is InChI=1S/C16H16O7/c1-16(22)5-7-6(3-10(16)18)13(19)11-8(17)4-9(23-2)15(21)12(11)14(7)20/h4,10,18-20,22H,3,5H2,1-2H3/t10-,16+/m1/s1. The third-order valence-electron chi connectivity index (χ3n) is 4.49. The van der Waals surface area contributed by atoms with Gasteiger partial charge in [-0.1, -0.05) is 0 Å². The topological polar surface area (TPSA) is 124 Å². The molecule has 2 atom stereocenters. The molecule has 0 amide bonds. The van der Waals surface area contributed by atoms with Crippen LogP contribution in [0.1, 0.15) is 38.8 Å². The Bertz CT molecular complexity index is 773. The third-order valence-corrected chi connectivity index (χ3v) is 4.49. The Morgan fingerprint density at radius 3 is 2.39 bits per heavy atom. The molecule has 0 radical (unpaired) electrons. The second-order valence-corrected chi connectivity index (χ2v) is 6.06. The molecule has 3 rings (SSSR count). The zero-order valence-electron chi connectivity index (χ0n) is 12.6. The number of aliphatic hydroxyl groups excluding tert-OH is 1. The average molecular weight is 320 g/mol. The number of phenols is 2. The molecule has 0 saturated heterocycles. The number of methoxy groups -OCH3 is 1. The van der Waals surface area contributed by atoms with Gasteiger partial charge in [0.1, 0.15) is 11.5 Å². The smallest absolute Gasteiger partial charge is 0.232 e. The van der Waals surface area contributed by atoms with E-state index in [9.17, 15) is 30.0 Å². The van der Waals surface area contributed by atoms with E-state index in [-0.39, 0.29) is 40.9 Å². The van der Waals surface area contributed by atoms with Crippen molar-refractivity contribution in [3.8, 4) is 11.5 Å². The molecule has 122 valence electrons. The average Bonchev–Trinajstić information content (AvgIpc) is 2.48. The minimum Gasteiger partial charge on any atom is -0.507 e. The summed E-state index contributed by atoms with van der Waals surface area (Å²) < 4.78 is 4.84. The van der Waals surface area contributed by atoms with Crippen molar-refractivity contribution in [2.24, 2.45) is 0 Å². The number of Topliss-reactive ketones (excluding diaryl/α,β-unsaturated/α-hetero) is 1. The molecule has 2 aliphatic rings. The molecule has 0 spiro atoms. The van der Waals surface area contributed by atoms with Crippen LogP contribution in [-0.4, -0.2) is 50.8 Å². The number of hydrogen-bond donors (Lipinski definition) is 4. The van der Waals surface area contributed by atoms with Crippen LogP contribution >= 0.6 is 0 Å². The van der Waals surface area contributed by atoms with E-state index in [4.69, 9.17) is 4.74 Å². The number of aliphatic hydroxyl groups is 2. The van der Waals surface area contributed by atoms with Crippen molar-refractivity contribution >= 4 is 11.6 Å². The second kappa shape index (κ2) is 4.81. The molecule has 0 aromatic heterocycles. The summed E-state index contributed by atoms with van der Waals surface area (Å²) in [4.78, 5) is 24.5. The van der Waals surface area contributed by atoms with E-state index in [0.717, 1.165) is 6.08 Å². The molecule has 0 heterocycles. The van der Waals surface area contributed by atoms with Crippen molar-refractivity contribution in [1.82, 2.24) is 0 Å². The SMILES string of the molecule is COC1=CC(=O)c2c(O)c3c(c(O)c2C1=O)C[C@](C)(O)[C@H](O)C3. The van der Waals surface area contributed by atoms with Crippen LogP contribution in [0.5, 0.6) is 11.5 Å². The van der Waals surface area contributed by atoms with Crippen LogP contribution in [0, 0.1) is 0 Å². The summed E-state index contributed by atoms with van der Waals surface area (Å²) in [5, 5.41) is 41.0. The highest BCUT2D eigenvalue weighted by Gasteiger charge is 2.43. The van der Waals surface area contributed by atoms with Gasteiger partial charge in [-0.15, -0.1) is 0 Å². The van der Waals surface area contributed by atoms with Crippen LogP contribution in [0.4, 0.5) is 0 Å². The highest BCUT2D eigenvalue weighted by Crippen LogP contribution is 2.45. The maximum Gasteiger partial charge on any atom is 0.232 e. The number of carbonyl (C=O) groups is 2. The molecule has 0 saturated carbocycles. The van der Waals surface area contributed by atoms with Crippen molar-refractivity contribution in [2.75, 3.05) is 7.11 Å². The molecule has 7 nitrogen and oxygen atoms in total. The lowest BCUT2D eigenvalue weighted by atomic mass is 9.75. The maximum absolute atomic E-state index is 12.3. The molecule has 1 aromatic rings. The first-order chi connectivity index (χ1) is 10.7. The highest BCUT2D eigenvalue weighted by atomic mass is 16.5.